The lowest BCUT2D eigenvalue weighted by molar-refractivity contribution is -0.133. The number of benzene rings is 1. The molecule has 0 bridgehead atoms. The maximum atomic E-state index is 13.1. The van der Waals surface area contributed by atoms with Crippen LogP contribution in [0, 0.1) is 12.7 Å². The molecular formula is C18H19FN2O2S. The smallest absolute Gasteiger partial charge is 0.264 e. The molecule has 24 heavy (non-hydrogen) atoms. The minimum Gasteiger partial charge on any atom is -0.352 e. The van der Waals surface area contributed by atoms with Crippen LogP contribution < -0.4 is 5.32 Å². The minimum atomic E-state index is -0.872. The first-order valence-corrected chi connectivity index (χ1v) is 8.59. The molecule has 1 saturated heterocycles. The second-order valence-corrected chi connectivity index (χ2v) is 7.45. The third-order valence-corrected chi connectivity index (χ3v) is 5.61. The van der Waals surface area contributed by atoms with Crippen LogP contribution in [0.2, 0.25) is 0 Å². The number of carbonyl (C=O) groups is 2. The van der Waals surface area contributed by atoms with Crippen LogP contribution in [0.1, 0.15) is 29.1 Å². The van der Waals surface area contributed by atoms with Crippen molar-refractivity contribution in [2.75, 3.05) is 13.1 Å². The van der Waals surface area contributed by atoms with Crippen molar-refractivity contribution in [2.45, 2.75) is 26.3 Å². The number of nitrogens with zero attached hydrogens (tertiary/aromatic N) is 1. The van der Waals surface area contributed by atoms with Gasteiger partial charge in [-0.2, -0.15) is 0 Å². The highest BCUT2D eigenvalue weighted by Crippen LogP contribution is 2.34. The standard InChI is InChI=1S/C18H19FN2O2S/c1-11-10-14(24-15(11)12-4-6-13(19)7-5-12)16(22)21-9-8-20-17(23)18(21,2)3/h4-7,10H,8-9H2,1-3H3,(H,20,23). The zero-order chi connectivity index (χ0) is 17.5. The summed E-state index contributed by atoms with van der Waals surface area (Å²) in [6.07, 6.45) is 0. The Morgan fingerprint density at radius 3 is 2.62 bits per heavy atom. The Bertz CT molecular complexity index is 796. The fourth-order valence-corrected chi connectivity index (χ4v) is 3.99. The van der Waals surface area contributed by atoms with Crippen molar-refractivity contribution < 1.29 is 14.0 Å². The van der Waals surface area contributed by atoms with Crippen molar-refractivity contribution in [3.05, 3.63) is 46.6 Å². The second-order valence-electron chi connectivity index (χ2n) is 6.40. The Morgan fingerprint density at radius 1 is 1.29 bits per heavy atom. The third-order valence-electron chi connectivity index (χ3n) is 4.33. The van der Waals surface area contributed by atoms with Gasteiger partial charge in [0.05, 0.1) is 4.88 Å². The number of nitrogens with one attached hydrogen (secondary N) is 1. The summed E-state index contributed by atoms with van der Waals surface area (Å²) < 4.78 is 13.1. The quantitative estimate of drug-likeness (QED) is 0.908. The van der Waals surface area contributed by atoms with Crippen LogP contribution in [0.25, 0.3) is 10.4 Å². The van der Waals surface area contributed by atoms with Crippen LogP contribution >= 0.6 is 11.3 Å². The monoisotopic (exact) mass is 346 g/mol. The van der Waals surface area contributed by atoms with E-state index in [1.54, 1.807) is 30.9 Å². The Balaban J connectivity index is 1.93. The molecule has 2 aromatic rings. The highest BCUT2D eigenvalue weighted by molar-refractivity contribution is 7.17. The van der Waals surface area contributed by atoms with E-state index in [1.807, 2.05) is 13.0 Å². The lowest BCUT2D eigenvalue weighted by Crippen LogP contribution is -2.63. The highest BCUT2D eigenvalue weighted by Gasteiger charge is 2.41. The highest BCUT2D eigenvalue weighted by atomic mass is 32.1. The van der Waals surface area contributed by atoms with Crippen LogP contribution in [0.3, 0.4) is 0 Å². The molecule has 126 valence electrons. The van der Waals surface area contributed by atoms with E-state index >= 15 is 0 Å². The molecule has 2 amide bonds. The summed E-state index contributed by atoms with van der Waals surface area (Å²) in [6.45, 7) is 6.38. The van der Waals surface area contributed by atoms with Crippen LogP contribution in [-0.4, -0.2) is 35.3 Å². The van der Waals surface area contributed by atoms with Gasteiger partial charge >= 0.3 is 0 Å². The van der Waals surface area contributed by atoms with E-state index in [0.29, 0.717) is 18.0 Å². The van der Waals surface area contributed by atoms with Gasteiger partial charge in [0.25, 0.3) is 5.91 Å². The van der Waals surface area contributed by atoms with Gasteiger partial charge in [-0.15, -0.1) is 11.3 Å². The maximum Gasteiger partial charge on any atom is 0.264 e. The Hall–Kier alpha value is -2.21. The van der Waals surface area contributed by atoms with E-state index in [1.165, 1.54) is 23.5 Å². The van der Waals surface area contributed by atoms with E-state index < -0.39 is 5.54 Å². The number of piperazine rings is 1. The molecule has 2 heterocycles. The van der Waals surface area contributed by atoms with Gasteiger partial charge in [0.2, 0.25) is 5.91 Å². The average molecular weight is 346 g/mol. The SMILES string of the molecule is Cc1cc(C(=O)N2CCNC(=O)C2(C)C)sc1-c1ccc(F)cc1. The molecule has 3 rings (SSSR count). The molecule has 1 aromatic carbocycles. The molecule has 0 radical (unpaired) electrons. The molecule has 1 aliphatic heterocycles. The fraction of sp³-hybridized carbons (Fsp3) is 0.333. The number of amides is 2. The van der Waals surface area contributed by atoms with E-state index in [-0.39, 0.29) is 17.6 Å². The summed E-state index contributed by atoms with van der Waals surface area (Å²) >= 11 is 1.38. The van der Waals surface area contributed by atoms with Crippen molar-refractivity contribution in [2.24, 2.45) is 0 Å². The molecule has 6 heteroatoms. The predicted molar refractivity (Wildman–Crippen MR) is 92.6 cm³/mol. The molecular weight excluding hydrogens is 327 g/mol. The molecule has 0 spiro atoms. The largest absolute Gasteiger partial charge is 0.352 e. The first-order valence-electron chi connectivity index (χ1n) is 7.77. The number of halogens is 1. The zero-order valence-corrected chi connectivity index (χ0v) is 14.7. The summed E-state index contributed by atoms with van der Waals surface area (Å²) in [5.41, 5.74) is 0.978. The molecule has 1 fully saturated rings. The number of rotatable bonds is 2. The maximum absolute atomic E-state index is 13.1. The summed E-state index contributed by atoms with van der Waals surface area (Å²) in [7, 11) is 0. The predicted octanol–water partition coefficient (Wildman–Crippen LogP) is 3.21. The molecule has 1 N–H and O–H groups in total. The van der Waals surface area contributed by atoms with Crippen LogP contribution in [0.4, 0.5) is 4.39 Å². The van der Waals surface area contributed by atoms with E-state index in [0.717, 1.165) is 16.0 Å². The van der Waals surface area contributed by atoms with Crippen LogP contribution in [-0.2, 0) is 4.79 Å². The zero-order valence-electron chi connectivity index (χ0n) is 13.9. The van der Waals surface area contributed by atoms with Crippen LogP contribution in [0.5, 0.6) is 0 Å². The number of thiophene rings is 1. The normalized spacial score (nSPS) is 16.8. The number of carbonyl (C=O) groups excluding carboxylic acids is 2. The molecule has 4 nitrogen and oxygen atoms in total. The van der Waals surface area contributed by atoms with Gasteiger partial charge in [0.1, 0.15) is 11.4 Å². The Labute approximate surface area is 144 Å². The minimum absolute atomic E-state index is 0.142. The van der Waals surface area contributed by atoms with Gasteiger partial charge in [-0.1, -0.05) is 12.1 Å². The van der Waals surface area contributed by atoms with Gasteiger partial charge in [-0.3, -0.25) is 9.59 Å². The van der Waals surface area contributed by atoms with Crippen molar-refractivity contribution in [1.29, 1.82) is 0 Å². The van der Waals surface area contributed by atoms with Gasteiger partial charge < -0.3 is 10.2 Å². The first-order chi connectivity index (χ1) is 11.3. The van der Waals surface area contributed by atoms with Crippen molar-refractivity contribution in [1.82, 2.24) is 10.2 Å². The van der Waals surface area contributed by atoms with Crippen molar-refractivity contribution in [3.8, 4) is 10.4 Å². The average Bonchev–Trinajstić information content (AvgIpc) is 2.92. The third kappa shape index (κ3) is 2.82. The lowest BCUT2D eigenvalue weighted by atomic mass is 9.98. The van der Waals surface area contributed by atoms with Gasteiger partial charge in [-0.25, -0.2) is 4.39 Å². The molecule has 1 aliphatic rings. The summed E-state index contributed by atoms with van der Waals surface area (Å²) in [4.78, 5) is 28.1. The van der Waals surface area contributed by atoms with Crippen LogP contribution in [0.15, 0.2) is 30.3 Å². The molecule has 0 aliphatic carbocycles. The number of hydrogen-bond acceptors (Lipinski definition) is 3. The van der Waals surface area contributed by atoms with E-state index in [2.05, 4.69) is 5.32 Å². The summed E-state index contributed by atoms with van der Waals surface area (Å²) in [5, 5.41) is 2.79. The lowest BCUT2D eigenvalue weighted by Gasteiger charge is -2.40. The topological polar surface area (TPSA) is 49.4 Å². The van der Waals surface area contributed by atoms with Gasteiger partial charge in [-0.05, 0) is 50.1 Å². The molecule has 0 atom stereocenters. The first kappa shape index (κ1) is 16.6. The van der Waals surface area contributed by atoms with Crippen molar-refractivity contribution >= 4 is 23.2 Å². The van der Waals surface area contributed by atoms with Gasteiger partial charge in [0, 0.05) is 18.0 Å². The molecule has 0 saturated carbocycles. The Kier molecular flexibility index (Phi) is 4.17. The van der Waals surface area contributed by atoms with Crippen molar-refractivity contribution in [3.63, 3.8) is 0 Å². The fourth-order valence-electron chi connectivity index (χ4n) is 2.86. The van der Waals surface area contributed by atoms with E-state index in [9.17, 15) is 14.0 Å². The molecule has 0 unspecified atom stereocenters. The van der Waals surface area contributed by atoms with Gasteiger partial charge in [0.15, 0.2) is 0 Å². The second kappa shape index (κ2) is 6.02. The number of hydrogen-bond donors (Lipinski definition) is 1. The summed E-state index contributed by atoms with van der Waals surface area (Å²) in [6, 6.07) is 8.08. The molecule has 1 aromatic heterocycles. The number of aryl methyl sites for hydroxylation is 1. The summed E-state index contributed by atoms with van der Waals surface area (Å²) in [5.74, 6) is -0.573. The Morgan fingerprint density at radius 2 is 1.96 bits per heavy atom. The van der Waals surface area contributed by atoms with E-state index in [4.69, 9.17) is 0 Å².